The van der Waals surface area contributed by atoms with Gasteiger partial charge in [-0.2, -0.15) is 0 Å². The zero-order valence-electron chi connectivity index (χ0n) is 21.4. The summed E-state index contributed by atoms with van der Waals surface area (Å²) in [4.78, 5) is 37.5. The van der Waals surface area contributed by atoms with Crippen LogP contribution in [0.15, 0.2) is 66.1 Å². The van der Waals surface area contributed by atoms with Gasteiger partial charge in [0.1, 0.15) is 17.2 Å². The van der Waals surface area contributed by atoms with Crippen molar-refractivity contribution in [3.05, 3.63) is 72.3 Å². The summed E-state index contributed by atoms with van der Waals surface area (Å²) in [6.07, 6.45) is 5.47. The van der Waals surface area contributed by atoms with Crippen molar-refractivity contribution >= 4 is 38.2 Å². The van der Waals surface area contributed by atoms with E-state index < -0.39 is 21.7 Å². The van der Waals surface area contributed by atoms with E-state index in [2.05, 4.69) is 20.3 Å². The number of aromatic nitrogens is 3. The number of nitrogens with one attached hydrogen (secondary N) is 1. The van der Waals surface area contributed by atoms with E-state index in [1.165, 1.54) is 42.9 Å². The van der Waals surface area contributed by atoms with Gasteiger partial charge in [0.25, 0.3) is 5.91 Å². The lowest BCUT2D eigenvalue weighted by molar-refractivity contribution is 0.0691. The monoisotopic (exact) mass is 580 g/mol. The van der Waals surface area contributed by atoms with Crippen LogP contribution in [0.5, 0.6) is 17.2 Å². The SMILES string of the molecule is CC(C)Oc1cc(Oc2ccc(S(=O)(=O)C3CC3)nc2)cc(C(=O)Nc2nc(C(=O)O)c(-c3ccncc3)s2)c1. The van der Waals surface area contributed by atoms with Gasteiger partial charge in [0, 0.05) is 24.0 Å². The molecule has 1 fully saturated rings. The van der Waals surface area contributed by atoms with Crippen molar-refractivity contribution in [2.75, 3.05) is 5.32 Å². The summed E-state index contributed by atoms with van der Waals surface area (Å²) in [5.41, 5.74) is 0.594. The van der Waals surface area contributed by atoms with Crippen LogP contribution in [-0.4, -0.2) is 51.7 Å². The molecule has 5 rings (SSSR count). The van der Waals surface area contributed by atoms with Crippen molar-refractivity contribution in [3.8, 4) is 27.7 Å². The molecule has 1 saturated carbocycles. The fourth-order valence-electron chi connectivity index (χ4n) is 3.77. The normalized spacial score (nSPS) is 13.2. The predicted molar refractivity (Wildman–Crippen MR) is 147 cm³/mol. The van der Waals surface area contributed by atoms with Crippen molar-refractivity contribution in [1.82, 2.24) is 15.0 Å². The number of thiazole rings is 1. The molecule has 0 bridgehead atoms. The van der Waals surface area contributed by atoms with Crippen LogP contribution in [0, 0.1) is 0 Å². The fourth-order valence-corrected chi connectivity index (χ4v) is 6.28. The number of pyridine rings is 2. The molecule has 0 atom stereocenters. The maximum Gasteiger partial charge on any atom is 0.356 e. The first-order valence-corrected chi connectivity index (χ1v) is 14.6. The van der Waals surface area contributed by atoms with E-state index in [-0.39, 0.29) is 44.3 Å². The molecular formula is C27H24N4O7S2. The van der Waals surface area contributed by atoms with Crippen LogP contribution in [0.25, 0.3) is 10.4 Å². The highest BCUT2D eigenvalue weighted by Gasteiger charge is 2.37. The molecule has 0 spiro atoms. The van der Waals surface area contributed by atoms with Crippen LogP contribution in [-0.2, 0) is 9.84 Å². The van der Waals surface area contributed by atoms with Crippen LogP contribution in [0.3, 0.4) is 0 Å². The number of rotatable bonds is 10. The number of anilines is 1. The number of carboxylic acid groups (broad SMARTS) is 1. The number of carboxylic acids is 1. The molecule has 1 amide bonds. The maximum atomic E-state index is 13.2. The molecule has 3 aromatic heterocycles. The second-order valence-corrected chi connectivity index (χ2v) is 12.4. The third kappa shape index (κ3) is 6.10. The molecule has 206 valence electrons. The number of hydrogen-bond acceptors (Lipinski definition) is 10. The molecular weight excluding hydrogens is 556 g/mol. The molecule has 1 aliphatic rings. The minimum atomic E-state index is -3.43. The molecule has 1 aliphatic carbocycles. The first-order valence-electron chi connectivity index (χ1n) is 12.3. The van der Waals surface area contributed by atoms with E-state index in [0.29, 0.717) is 29.0 Å². The second kappa shape index (κ2) is 11.0. The van der Waals surface area contributed by atoms with Gasteiger partial charge in [-0.05, 0) is 68.7 Å². The molecule has 3 heterocycles. The lowest BCUT2D eigenvalue weighted by Gasteiger charge is -2.14. The Hall–Kier alpha value is -4.36. The number of hydrogen-bond donors (Lipinski definition) is 2. The summed E-state index contributed by atoms with van der Waals surface area (Å²) in [5, 5.41) is 12.0. The highest BCUT2D eigenvalue weighted by molar-refractivity contribution is 7.92. The maximum absolute atomic E-state index is 13.2. The van der Waals surface area contributed by atoms with Gasteiger partial charge in [0.2, 0.25) is 0 Å². The van der Waals surface area contributed by atoms with Crippen LogP contribution in [0.1, 0.15) is 47.5 Å². The van der Waals surface area contributed by atoms with E-state index in [1.54, 1.807) is 18.2 Å². The number of carbonyl (C=O) groups is 2. The second-order valence-electron chi connectivity index (χ2n) is 9.23. The number of nitrogens with zero attached hydrogens (tertiary/aromatic N) is 3. The van der Waals surface area contributed by atoms with Crippen molar-refractivity contribution in [2.45, 2.75) is 43.1 Å². The van der Waals surface area contributed by atoms with Gasteiger partial charge in [0.05, 0.1) is 22.4 Å². The Morgan fingerprint density at radius 1 is 1.05 bits per heavy atom. The third-order valence-corrected chi connectivity index (χ3v) is 8.90. The van der Waals surface area contributed by atoms with E-state index >= 15 is 0 Å². The molecule has 2 N–H and O–H groups in total. The number of benzene rings is 1. The molecule has 0 unspecified atom stereocenters. The Balaban J connectivity index is 1.40. The molecule has 13 heteroatoms. The van der Waals surface area contributed by atoms with Crippen molar-refractivity contribution in [2.24, 2.45) is 0 Å². The zero-order valence-corrected chi connectivity index (χ0v) is 23.0. The summed E-state index contributed by atoms with van der Waals surface area (Å²) in [6, 6.07) is 10.8. The van der Waals surface area contributed by atoms with Crippen LogP contribution in [0.2, 0.25) is 0 Å². The quantitative estimate of drug-likeness (QED) is 0.259. The third-order valence-electron chi connectivity index (χ3n) is 5.71. The molecule has 4 aromatic rings. The van der Waals surface area contributed by atoms with E-state index in [4.69, 9.17) is 9.47 Å². The molecule has 11 nitrogen and oxygen atoms in total. The Morgan fingerprint density at radius 2 is 1.77 bits per heavy atom. The van der Waals surface area contributed by atoms with Gasteiger partial charge in [0.15, 0.2) is 25.7 Å². The number of ether oxygens (including phenoxy) is 2. The van der Waals surface area contributed by atoms with Crippen LogP contribution < -0.4 is 14.8 Å². The summed E-state index contributed by atoms with van der Waals surface area (Å²) in [6.45, 7) is 3.67. The number of aromatic carboxylic acids is 1. The predicted octanol–water partition coefficient (Wildman–Crippen LogP) is 5.07. The van der Waals surface area contributed by atoms with E-state index in [9.17, 15) is 23.1 Å². The summed E-state index contributed by atoms with van der Waals surface area (Å²) in [7, 11) is -3.43. The van der Waals surface area contributed by atoms with Gasteiger partial charge >= 0.3 is 5.97 Å². The van der Waals surface area contributed by atoms with Crippen molar-refractivity contribution < 1.29 is 32.6 Å². The van der Waals surface area contributed by atoms with Gasteiger partial charge in [-0.1, -0.05) is 11.3 Å². The molecule has 0 radical (unpaired) electrons. The topological polar surface area (TPSA) is 158 Å². The fraction of sp³-hybridized carbons (Fsp3) is 0.222. The van der Waals surface area contributed by atoms with Gasteiger partial charge in [-0.3, -0.25) is 15.1 Å². The summed E-state index contributed by atoms with van der Waals surface area (Å²) < 4.78 is 36.5. The van der Waals surface area contributed by atoms with E-state index in [1.807, 2.05) is 13.8 Å². The summed E-state index contributed by atoms with van der Waals surface area (Å²) in [5.74, 6) is -0.894. The lowest BCUT2D eigenvalue weighted by Crippen LogP contribution is -2.13. The van der Waals surface area contributed by atoms with Gasteiger partial charge < -0.3 is 14.6 Å². The van der Waals surface area contributed by atoms with E-state index in [0.717, 1.165) is 11.3 Å². The number of carbonyl (C=O) groups excluding carboxylic acids is 1. The molecule has 0 saturated heterocycles. The molecule has 0 aliphatic heterocycles. The van der Waals surface area contributed by atoms with Gasteiger partial charge in [-0.25, -0.2) is 23.2 Å². The largest absolute Gasteiger partial charge is 0.491 e. The smallest absolute Gasteiger partial charge is 0.356 e. The molecule has 1 aromatic carbocycles. The highest BCUT2D eigenvalue weighted by Crippen LogP contribution is 2.35. The Kier molecular flexibility index (Phi) is 7.50. The van der Waals surface area contributed by atoms with Crippen molar-refractivity contribution in [1.29, 1.82) is 0 Å². The Labute approximate surface area is 233 Å². The number of sulfone groups is 1. The van der Waals surface area contributed by atoms with Crippen molar-refractivity contribution in [3.63, 3.8) is 0 Å². The average Bonchev–Trinajstić information content (AvgIpc) is 3.70. The Bertz CT molecular complexity index is 1670. The van der Waals surface area contributed by atoms with Crippen LogP contribution >= 0.6 is 11.3 Å². The minimum absolute atomic E-state index is 0.00498. The zero-order chi connectivity index (χ0) is 28.4. The highest BCUT2D eigenvalue weighted by atomic mass is 32.2. The molecule has 40 heavy (non-hydrogen) atoms. The Morgan fingerprint density at radius 3 is 2.40 bits per heavy atom. The first-order chi connectivity index (χ1) is 19.1. The lowest BCUT2D eigenvalue weighted by atomic mass is 10.2. The minimum Gasteiger partial charge on any atom is -0.491 e. The van der Waals surface area contributed by atoms with Crippen LogP contribution in [0.4, 0.5) is 5.13 Å². The standard InChI is InChI=1S/C27H24N4O7S2/c1-15(2)37-19-11-17(12-20(13-19)38-18-3-6-22(29-14-18)40(35,36)21-4-5-21)25(32)31-27-30-23(26(33)34)24(39-27)16-7-9-28-10-8-16/h3,6-15,21H,4-5H2,1-2H3,(H,33,34)(H,30,31,32). The number of amides is 1. The summed E-state index contributed by atoms with van der Waals surface area (Å²) >= 11 is 1.02. The average molecular weight is 581 g/mol. The van der Waals surface area contributed by atoms with Gasteiger partial charge in [-0.15, -0.1) is 0 Å². The first kappa shape index (κ1) is 27.2.